The molecule has 1 saturated heterocycles. The summed E-state index contributed by atoms with van der Waals surface area (Å²) < 4.78 is 2.87. The molecule has 1 aliphatic rings. The molecule has 0 radical (unpaired) electrons. The van der Waals surface area contributed by atoms with Crippen LogP contribution in [0.2, 0.25) is 0 Å². The molecule has 0 bridgehead atoms. The van der Waals surface area contributed by atoms with Gasteiger partial charge in [0.2, 0.25) is 0 Å². The van der Waals surface area contributed by atoms with Gasteiger partial charge in [0.25, 0.3) is 0 Å². The minimum absolute atomic E-state index is 0.757. The molecular formula is C14H25BrN4O. The van der Waals surface area contributed by atoms with Crippen LogP contribution in [0.4, 0.5) is 0 Å². The largest absolute Gasteiger partial charge is 0.383 e. The van der Waals surface area contributed by atoms with Crippen molar-refractivity contribution in [3.05, 3.63) is 16.4 Å². The Balaban J connectivity index is 2.16. The van der Waals surface area contributed by atoms with Gasteiger partial charge < -0.3 is 14.9 Å². The highest BCUT2D eigenvalue weighted by Gasteiger charge is 2.38. The number of likely N-dealkylation sites (N-methyl/N-ethyl adjacent to an activating group) is 1. The Morgan fingerprint density at radius 2 is 2.05 bits per heavy atom. The van der Waals surface area contributed by atoms with Gasteiger partial charge in [-0.05, 0) is 49.4 Å². The Morgan fingerprint density at radius 3 is 2.60 bits per heavy atom. The molecule has 1 fully saturated rings. The molecule has 1 aromatic rings. The minimum atomic E-state index is -0.757. The standard InChI is InChI=1S/C14H25BrN4O/c1-4-18-7-5-14(20,6-8-18)13-12(15)11-16-19(13)10-9-17(2)3/h11,20H,4-10H2,1-3H3. The summed E-state index contributed by atoms with van der Waals surface area (Å²) in [5, 5.41) is 15.5. The van der Waals surface area contributed by atoms with Crippen LogP contribution in [0.3, 0.4) is 0 Å². The normalized spacial score (nSPS) is 19.7. The molecule has 0 saturated carbocycles. The summed E-state index contributed by atoms with van der Waals surface area (Å²) in [6.45, 7) is 6.82. The van der Waals surface area contributed by atoms with Crippen molar-refractivity contribution in [1.82, 2.24) is 19.6 Å². The van der Waals surface area contributed by atoms with E-state index in [-0.39, 0.29) is 0 Å². The van der Waals surface area contributed by atoms with E-state index in [4.69, 9.17) is 0 Å². The lowest BCUT2D eigenvalue weighted by Gasteiger charge is -2.38. The first-order valence-electron chi connectivity index (χ1n) is 7.27. The Morgan fingerprint density at radius 1 is 1.40 bits per heavy atom. The number of nitrogens with zero attached hydrogens (tertiary/aromatic N) is 4. The Labute approximate surface area is 129 Å². The maximum atomic E-state index is 11.0. The number of aliphatic hydroxyl groups is 1. The van der Waals surface area contributed by atoms with Crippen molar-refractivity contribution < 1.29 is 5.11 Å². The zero-order valence-corrected chi connectivity index (χ0v) is 14.2. The van der Waals surface area contributed by atoms with Gasteiger partial charge in [-0.2, -0.15) is 5.10 Å². The van der Waals surface area contributed by atoms with Crippen LogP contribution in [-0.2, 0) is 12.1 Å². The van der Waals surface area contributed by atoms with E-state index in [0.29, 0.717) is 0 Å². The van der Waals surface area contributed by atoms with Crippen LogP contribution in [0.25, 0.3) is 0 Å². The quantitative estimate of drug-likeness (QED) is 0.879. The van der Waals surface area contributed by atoms with Crippen molar-refractivity contribution in [2.45, 2.75) is 31.9 Å². The molecule has 1 aromatic heterocycles. The van der Waals surface area contributed by atoms with Crippen LogP contribution >= 0.6 is 15.9 Å². The molecule has 2 heterocycles. The summed E-state index contributed by atoms with van der Waals surface area (Å²) in [6, 6.07) is 0. The van der Waals surface area contributed by atoms with Crippen LogP contribution in [0.15, 0.2) is 10.7 Å². The maximum absolute atomic E-state index is 11.0. The molecule has 0 amide bonds. The van der Waals surface area contributed by atoms with E-state index in [2.05, 4.69) is 37.8 Å². The molecule has 5 nitrogen and oxygen atoms in total. The number of likely N-dealkylation sites (tertiary alicyclic amines) is 1. The van der Waals surface area contributed by atoms with E-state index in [0.717, 1.165) is 55.7 Å². The molecule has 0 aromatic carbocycles. The third kappa shape index (κ3) is 3.42. The van der Waals surface area contributed by atoms with Crippen molar-refractivity contribution in [3.63, 3.8) is 0 Å². The monoisotopic (exact) mass is 344 g/mol. The molecule has 114 valence electrons. The summed E-state index contributed by atoms with van der Waals surface area (Å²) >= 11 is 3.56. The van der Waals surface area contributed by atoms with Crippen LogP contribution in [0.5, 0.6) is 0 Å². The van der Waals surface area contributed by atoms with Gasteiger partial charge >= 0.3 is 0 Å². The molecule has 6 heteroatoms. The average molecular weight is 345 g/mol. The predicted octanol–water partition coefficient (Wildman–Crippen LogP) is 1.51. The molecule has 2 rings (SSSR count). The fourth-order valence-corrected chi connectivity index (χ4v) is 3.43. The topological polar surface area (TPSA) is 44.5 Å². The zero-order valence-electron chi connectivity index (χ0n) is 12.6. The van der Waals surface area contributed by atoms with E-state index in [9.17, 15) is 5.11 Å². The van der Waals surface area contributed by atoms with Gasteiger partial charge in [-0.1, -0.05) is 6.92 Å². The molecule has 0 unspecified atom stereocenters. The summed E-state index contributed by atoms with van der Waals surface area (Å²) in [7, 11) is 4.10. The van der Waals surface area contributed by atoms with E-state index >= 15 is 0 Å². The minimum Gasteiger partial charge on any atom is -0.383 e. The fraction of sp³-hybridized carbons (Fsp3) is 0.786. The second-order valence-electron chi connectivity index (χ2n) is 5.83. The molecule has 0 aliphatic carbocycles. The van der Waals surface area contributed by atoms with Crippen molar-refractivity contribution >= 4 is 15.9 Å². The maximum Gasteiger partial charge on any atom is 0.110 e. The molecular weight excluding hydrogens is 320 g/mol. The highest BCUT2D eigenvalue weighted by Crippen LogP contribution is 2.36. The van der Waals surface area contributed by atoms with Gasteiger partial charge in [-0.25, -0.2) is 0 Å². The van der Waals surface area contributed by atoms with E-state index in [1.165, 1.54) is 0 Å². The summed E-state index contributed by atoms with van der Waals surface area (Å²) in [4.78, 5) is 4.51. The number of hydrogen-bond acceptors (Lipinski definition) is 4. The highest BCUT2D eigenvalue weighted by molar-refractivity contribution is 9.10. The van der Waals surface area contributed by atoms with Crippen LogP contribution in [0, 0.1) is 0 Å². The second-order valence-corrected chi connectivity index (χ2v) is 6.69. The number of aromatic nitrogens is 2. The third-order valence-corrected chi connectivity index (χ3v) is 4.71. The lowest BCUT2D eigenvalue weighted by Crippen LogP contribution is -2.44. The summed E-state index contributed by atoms with van der Waals surface area (Å²) in [5.41, 5.74) is 0.183. The lowest BCUT2D eigenvalue weighted by atomic mass is 9.88. The van der Waals surface area contributed by atoms with Gasteiger partial charge in [0, 0.05) is 19.6 Å². The SMILES string of the molecule is CCN1CCC(O)(c2c(Br)cnn2CCN(C)C)CC1. The van der Waals surface area contributed by atoms with E-state index < -0.39 is 5.60 Å². The first-order valence-corrected chi connectivity index (χ1v) is 8.07. The molecule has 1 aliphatic heterocycles. The van der Waals surface area contributed by atoms with E-state index in [1.807, 2.05) is 18.8 Å². The van der Waals surface area contributed by atoms with Crippen molar-refractivity contribution in [3.8, 4) is 0 Å². The van der Waals surface area contributed by atoms with Gasteiger partial charge in [-0.15, -0.1) is 0 Å². The predicted molar refractivity (Wildman–Crippen MR) is 83.7 cm³/mol. The van der Waals surface area contributed by atoms with Gasteiger partial charge in [-0.3, -0.25) is 4.68 Å². The van der Waals surface area contributed by atoms with Crippen molar-refractivity contribution in [2.24, 2.45) is 0 Å². The number of piperidine rings is 1. The first kappa shape index (κ1) is 15.9. The molecule has 0 spiro atoms. The molecule has 20 heavy (non-hydrogen) atoms. The Kier molecular flexibility index (Phi) is 5.23. The second kappa shape index (κ2) is 6.56. The third-order valence-electron chi connectivity index (χ3n) is 4.13. The van der Waals surface area contributed by atoms with Crippen molar-refractivity contribution in [2.75, 3.05) is 40.3 Å². The zero-order chi connectivity index (χ0) is 14.8. The lowest BCUT2D eigenvalue weighted by molar-refractivity contribution is -0.0323. The average Bonchev–Trinajstić information content (AvgIpc) is 2.79. The Bertz CT molecular complexity index is 438. The Hall–Kier alpha value is -0.430. The number of rotatable bonds is 5. The highest BCUT2D eigenvalue weighted by atomic mass is 79.9. The summed E-state index contributed by atoms with van der Waals surface area (Å²) in [6.07, 6.45) is 3.34. The number of halogens is 1. The smallest absolute Gasteiger partial charge is 0.110 e. The van der Waals surface area contributed by atoms with Crippen LogP contribution < -0.4 is 0 Å². The van der Waals surface area contributed by atoms with Gasteiger partial charge in [0.15, 0.2) is 0 Å². The van der Waals surface area contributed by atoms with Crippen molar-refractivity contribution in [1.29, 1.82) is 0 Å². The molecule has 0 atom stereocenters. The summed E-state index contributed by atoms with van der Waals surface area (Å²) in [5.74, 6) is 0. The fourth-order valence-electron chi connectivity index (χ4n) is 2.77. The van der Waals surface area contributed by atoms with Gasteiger partial charge in [0.05, 0.1) is 22.9 Å². The van der Waals surface area contributed by atoms with Gasteiger partial charge in [0.1, 0.15) is 5.60 Å². The number of hydrogen-bond donors (Lipinski definition) is 1. The molecule has 1 N–H and O–H groups in total. The van der Waals surface area contributed by atoms with E-state index in [1.54, 1.807) is 6.20 Å². The first-order chi connectivity index (χ1) is 9.46. The van der Waals surface area contributed by atoms with Crippen LogP contribution in [-0.4, -0.2) is 65.0 Å². The van der Waals surface area contributed by atoms with Crippen LogP contribution in [0.1, 0.15) is 25.5 Å².